The smallest absolute Gasteiger partial charge is 0.391 e. The van der Waals surface area contributed by atoms with Crippen LogP contribution in [0.25, 0.3) is 0 Å². The largest absolute Gasteiger partial charge is 0.416 e. The maximum absolute atomic E-state index is 12.4. The molecule has 0 saturated heterocycles. The molecule has 0 aromatic heterocycles. The molecule has 2 atom stereocenters. The molecule has 0 heterocycles. The van der Waals surface area contributed by atoms with Crippen LogP contribution in [0.3, 0.4) is 0 Å². The molecule has 0 amide bonds. The van der Waals surface area contributed by atoms with E-state index in [4.69, 9.17) is 5.73 Å². The molecule has 1 aromatic carbocycles. The minimum atomic E-state index is -4.47. The molecule has 1 aromatic rings. The molecule has 0 radical (unpaired) electrons. The van der Waals surface area contributed by atoms with Crippen molar-refractivity contribution in [2.45, 2.75) is 17.2 Å². The van der Waals surface area contributed by atoms with Crippen molar-refractivity contribution in [2.24, 2.45) is 5.73 Å². The average Bonchev–Trinajstić information content (AvgIpc) is 2.28. The molecule has 0 saturated carbocycles. The van der Waals surface area contributed by atoms with Crippen molar-refractivity contribution in [3.63, 3.8) is 0 Å². The van der Waals surface area contributed by atoms with E-state index in [0.29, 0.717) is 0 Å². The zero-order valence-corrected chi connectivity index (χ0v) is 9.59. The Morgan fingerprint density at radius 1 is 1.41 bits per heavy atom. The molecule has 1 rings (SSSR count). The average molecular weight is 267 g/mol. The van der Waals surface area contributed by atoms with Gasteiger partial charge in [0.1, 0.15) is 0 Å². The van der Waals surface area contributed by atoms with Crippen LogP contribution in [0, 0.1) is 0 Å². The van der Waals surface area contributed by atoms with Crippen LogP contribution in [-0.4, -0.2) is 27.7 Å². The summed E-state index contributed by atoms with van der Waals surface area (Å²) in [6.45, 7) is -0.0787. The van der Waals surface area contributed by atoms with Gasteiger partial charge in [0, 0.05) is 11.4 Å². The molecule has 0 aliphatic carbocycles. The van der Waals surface area contributed by atoms with Gasteiger partial charge in [0.15, 0.2) is 0 Å². The summed E-state index contributed by atoms with van der Waals surface area (Å²) >= 11 is 0. The van der Waals surface area contributed by atoms with Gasteiger partial charge < -0.3 is 10.8 Å². The van der Waals surface area contributed by atoms with E-state index >= 15 is 0 Å². The van der Waals surface area contributed by atoms with Crippen LogP contribution in [0.1, 0.15) is 5.56 Å². The molecule has 0 aliphatic rings. The molecule has 17 heavy (non-hydrogen) atoms. The van der Waals surface area contributed by atoms with Crippen LogP contribution in [0.4, 0.5) is 13.2 Å². The minimum Gasteiger partial charge on any atom is -0.391 e. The summed E-state index contributed by atoms with van der Waals surface area (Å²) in [7, 11) is -1.69. The Bertz CT molecular complexity index is 409. The Hall–Kier alpha value is -0.920. The van der Waals surface area contributed by atoms with Gasteiger partial charge in [-0.05, 0) is 18.2 Å². The van der Waals surface area contributed by atoms with Crippen molar-refractivity contribution in [2.75, 3.05) is 12.3 Å². The number of halogens is 3. The van der Waals surface area contributed by atoms with E-state index in [-0.39, 0.29) is 17.2 Å². The third kappa shape index (κ3) is 4.10. The number of hydrogen-bond acceptors (Lipinski definition) is 3. The Kier molecular flexibility index (Phi) is 4.67. The fourth-order valence-electron chi connectivity index (χ4n) is 1.15. The van der Waals surface area contributed by atoms with Crippen molar-refractivity contribution in [1.82, 2.24) is 0 Å². The highest BCUT2D eigenvalue weighted by atomic mass is 32.2. The van der Waals surface area contributed by atoms with Gasteiger partial charge in [-0.3, -0.25) is 4.21 Å². The van der Waals surface area contributed by atoms with E-state index in [1.54, 1.807) is 0 Å². The van der Waals surface area contributed by atoms with E-state index in [9.17, 15) is 22.5 Å². The maximum atomic E-state index is 12.4. The first-order chi connectivity index (χ1) is 7.84. The van der Waals surface area contributed by atoms with Crippen molar-refractivity contribution < 1.29 is 22.5 Å². The lowest BCUT2D eigenvalue weighted by Crippen LogP contribution is -2.26. The molecule has 2 unspecified atom stereocenters. The lowest BCUT2D eigenvalue weighted by atomic mass is 10.2. The number of nitrogens with two attached hydrogens (primary N) is 1. The molecule has 0 fully saturated rings. The Morgan fingerprint density at radius 3 is 2.59 bits per heavy atom. The summed E-state index contributed by atoms with van der Waals surface area (Å²) in [6, 6.07) is 4.24. The van der Waals surface area contributed by atoms with Crippen LogP contribution in [0.15, 0.2) is 29.2 Å². The van der Waals surface area contributed by atoms with Gasteiger partial charge in [-0.25, -0.2) is 0 Å². The van der Waals surface area contributed by atoms with Gasteiger partial charge in [-0.15, -0.1) is 0 Å². The number of aliphatic hydroxyl groups is 1. The van der Waals surface area contributed by atoms with E-state index in [2.05, 4.69) is 0 Å². The normalized spacial score (nSPS) is 15.6. The molecule has 7 heteroatoms. The number of hydrogen-bond donors (Lipinski definition) is 2. The zero-order chi connectivity index (χ0) is 13.1. The highest BCUT2D eigenvalue weighted by molar-refractivity contribution is 7.85. The summed E-state index contributed by atoms with van der Waals surface area (Å²) in [4.78, 5) is 0.0346. The van der Waals surface area contributed by atoms with Gasteiger partial charge in [0.2, 0.25) is 0 Å². The van der Waals surface area contributed by atoms with Crippen molar-refractivity contribution >= 4 is 10.8 Å². The Labute approximate surface area is 98.9 Å². The highest BCUT2D eigenvalue weighted by Crippen LogP contribution is 2.30. The zero-order valence-electron chi connectivity index (χ0n) is 8.78. The molecule has 3 N–H and O–H groups in total. The molecule has 0 aliphatic heterocycles. The van der Waals surface area contributed by atoms with Gasteiger partial charge in [-0.1, -0.05) is 6.07 Å². The first kappa shape index (κ1) is 14.1. The fraction of sp³-hybridized carbons (Fsp3) is 0.400. The minimum absolute atomic E-state index is 0.0346. The van der Waals surface area contributed by atoms with Crippen LogP contribution in [0.2, 0.25) is 0 Å². The van der Waals surface area contributed by atoms with E-state index in [1.165, 1.54) is 12.1 Å². The third-order valence-electron chi connectivity index (χ3n) is 2.04. The summed E-state index contributed by atoms with van der Waals surface area (Å²) in [5, 5.41) is 9.18. The van der Waals surface area contributed by atoms with Crippen molar-refractivity contribution in [3.05, 3.63) is 29.8 Å². The third-order valence-corrected chi connectivity index (χ3v) is 3.51. The summed E-state index contributed by atoms with van der Waals surface area (Å²) in [6.07, 6.45) is -5.45. The van der Waals surface area contributed by atoms with Gasteiger partial charge in [0.05, 0.1) is 28.2 Å². The van der Waals surface area contributed by atoms with E-state index in [1.807, 2.05) is 0 Å². The maximum Gasteiger partial charge on any atom is 0.416 e. The van der Waals surface area contributed by atoms with Gasteiger partial charge in [-0.2, -0.15) is 13.2 Å². The van der Waals surface area contributed by atoms with Crippen molar-refractivity contribution in [3.8, 4) is 0 Å². The van der Waals surface area contributed by atoms with Crippen LogP contribution in [0.5, 0.6) is 0 Å². The lowest BCUT2D eigenvalue weighted by molar-refractivity contribution is -0.137. The first-order valence-corrected chi connectivity index (χ1v) is 6.10. The monoisotopic (exact) mass is 267 g/mol. The lowest BCUT2D eigenvalue weighted by Gasteiger charge is -2.10. The van der Waals surface area contributed by atoms with Gasteiger partial charge in [0.25, 0.3) is 0 Å². The number of benzene rings is 1. The fourth-order valence-corrected chi connectivity index (χ4v) is 2.32. The SMILES string of the molecule is NCC(O)CS(=O)c1cccc(C(F)(F)F)c1. The second-order valence-electron chi connectivity index (χ2n) is 3.43. The molecule has 3 nitrogen and oxygen atoms in total. The predicted molar refractivity (Wildman–Crippen MR) is 57.8 cm³/mol. The van der Waals surface area contributed by atoms with Crippen molar-refractivity contribution in [1.29, 1.82) is 0 Å². The summed E-state index contributed by atoms with van der Waals surface area (Å²) < 4.78 is 48.8. The van der Waals surface area contributed by atoms with Crippen LogP contribution in [-0.2, 0) is 17.0 Å². The van der Waals surface area contributed by atoms with Crippen LogP contribution < -0.4 is 5.73 Å². The molecule has 0 bridgehead atoms. The predicted octanol–water partition coefficient (Wildman–Crippen LogP) is 1.13. The molecule has 0 spiro atoms. The Balaban J connectivity index is 2.89. The standard InChI is InChI=1S/C10H12F3NO2S/c11-10(12,13)7-2-1-3-9(4-7)17(16)6-8(15)5-14/h1-4,8,15H,5-6,14H2. The number of alkyl halides is 3. The number of rotatable bonds is 4. The highest BCUT2D eigenvalue weighted by Gasteiger charge is 2.30. The van der Waals surface area contributed by atoms with Crippen LogP contribution >= 0.6 is 0 Å². The Morgan fingerprint density at radius 2 is 2.06 bits per heavy atom. The molecular weight excluding hydrogens is 255 g/mol. The van der Waals surface area contributed by atoms with E-state index < -0.39 is 28.6 Å². The summed E-state index contributed by atoms with van der Waals surface area (Å²) in [5.74, 6) is -0.169. The topological polar surface area (TPSA) is 63.3 Å². The number of aliphatic hydroxyl groups excluding tert-OH is 1. The first-order valence-electron chi connectivity index (χ1n) is 4.78. The molecule has 96 valence electrons. The quantitative estimate of drug-likeness (QED) is 0.859. The van der Waals surface area contributed by atoms with E-state index in [0.717, 1.165) is 12.1 Å². The summed E-state index contributed by atoms with van der Waals surface area (Å²) in [5.41, 5.74) is 4.28. The second kappa shape index (κ2) is 5.61. The molecular formula is C10H12F3NO2S. The second-order valence-corrected chi connectivity index (χ2v) is 4.92. The van der Waals surface area contributed by atoms with Gasteiger partial charge >= 0.3 is 6.18 Å².